The Balaban J connectivity index is 1.21. The first-order valence-electron chi connectivity index (χ1n) is 9.40. The molecule has 0 unspecified atom stereocenters. The third-order valence-corrected chi connectivity index (χ3v) is 7.75. The molecule has 0 saturated carbocycles. The molecule has 0 bridgehead atoms. The Bertz CT molecular complexity index is 1090. The molecule has 6 nitrogen and oxygen atoms in total. The Morgan fingerprint density at radius 3 is 3.03 bits per heavy atom. The SMILES string of the molecule is O=C(CSc1nnc(-c2cccs2)o1)N1CCC[C@H](c2nc3ccccc3s2)C1. The number of aromatic nitrogens is 3. The molecule has 1 saturated heterocycles. The number of rotatable bonds is 5. The number of thiazole rings is 1. The highest BCUT2D eigenvalue weighted by Gasteiger charge is 2.27. The molecule has 1 amide bonds. The molecule has 3 aromatic heterocycles. The van der Waals surface area contributed by atoms with Crippen molar-refractivity contribution in [1.82, 2.24) is 20.1 Å². The largest absolute Gasteiger partial charge is 0.410 e. The molecule has 0 radical (unpaired) electrons. The maximum Gasteiger partial charge on any atom is 0.277 e. The summed E-state index contributed by atoms with van der Waals surface area (Å²) in [5, 5.41) is 11.6. The number of para-hydroxylation sites is 1. The van der Waals surface area contributed by atoms with Crippen LogP contribution in [0.3, 0.4) is 0 Å². The van der Waals surface area contributed by atoms with Crippen molar-refractivity contribution < 1.29 is 9.21 Å². The van der Waals surface area contributed by atoms with Crippen LogP contribution in [-0.2, 0) is 4.79 Å². The normalized spacial score (nSPS) is 17.1. The van der Waals surface area contributed by atoms with E-state index in [-0.39, 0.29) is 5.91 Å². The van der Waals surface area contributed by atoms with Crippen molar-refractivity contribution in [2.24, 2.45) is 0 Å². The van der Waals surface area contributed by atoms with E-state index in [2.05, 4.69) is 16.3 Å². The summed E-state index contributed by atoms with van der Waals surface area (Å²) in [5.74, 6) is 1.22. The van der Waals surface area contributed by atoms with Crippen LogP contribution in [0.1, 0.15) is 23.8 Å². The zero-order valence-electron chi connectivity index (χ0n) is 15.5. The van der Waals surface area contributed by atoms with Gasteiger partial charge in [0.25, 0.3) is 11.1 Å². The first kappa shape index (κ1) is 18.8. The number of piperidine rings is 1. The van der Waals surface area contributed by atoms with Crippen LogP contribution >= 0.6 is 34.4 Å². The molecule has 4 heterocycles. The molecule has 0 spiro atoms. The van der Waals surface area contributed by atoms with Crippen LogP contribution in [-0.4, -0.2) is 44.8 Å². The Kier molecular flexibility index (Phi) is 5.34. The van der Waals surface area contributed by atoms with Gasteiger partial charge in [0.2, 0.25) is 5.91 Å². The van der Waals surface area contributed by atoms with Crippen LogP contribution in [0.4, 0.5) is 0 Å². The van der Waals surface area contributed by atoms with Gasteiger partial charge in [0.1, 0.15) is 0 Å². The fraction of sp³-hybridized carbons (Fsp3) is 0.300. The molecule has 0 aliphatic carbocycles. The number of benzene rings is 1. The van der Waals surface area contributed by atoms with Gasteiger partial charge in [0.15, 0.2) is 0 Å². The van der Waals surface area contributed by atoms with Gasteiger partial charge < -0.3 is 9.32 Å². The van der Waals surface area contributed by atoms with Gasteiger partial charge in [-0.1, -0.05) is 30.0 Å². The van der Waals surface area contributed by atoms with E-state index in [1.807, 2.05) is 40.6 Å². The fourth-order valence-electron chi connectivity index (χ4n) is 3.45. The molecule has 1 aliphatic heterocycles. The highest BCUT2D eigenvalue weighted by molar-refractivity contribution is 7.99. The quantitative estimate of drug-likeness (QED) is 0.409. The average Bonchev–Trinajstić information content (AvgIpc) is 3.52. The lowest BCUT2D eigenvalue weighted by molar-refractivity contribution is -0.129. The molecule has 1 aliphatic rings. The van der Waals surface area contributed by atoms with E-state index < -0.39 is 0 Å². The molecule has 148 valence electrons. The van der Waals surface area contributed by atoms with Crippen LogP contribution in [0.5, 0.6) is 0 Å². The van der Waals surface area contributed by atoms with Gasteiger partial charge >= 0.3 is 0 Å². The van der Waals surface area contributed by atoms with Gasteiger partial charge in [-0.3, -0.25) is 4.79 Å². The van der Waals surface area contributed by atoms with Crippen LogP contribution < -0.4 is 0 Å². The fourth-order valence-corrected chi connectivity index (χ4v) is 5.86. The molecule has 5 rings (SSSR count). The second-order valence-electron chi connectivity index (χ2n) is 6.84. The summed E-state index contributed by atoms with van der Waals surface area (Å²) in [6, 6.07) is 12.1. The lowest BCUT2D eigenvalue weighted by Gasteiger charge is -2.31. The topological polar surface area (TPSA) is 72.1 Å². The van der Waals surface area contributed by atoms with E-state index in [4.69, 9.17) is 9.40 Å². The summed E-state index contributed by atoms with van der Waals surface area (Å²) in [7, 11) is 0. The standard InChI is InChI=1S/C20H18N4O2S3/c25-17(12-28-20-23-22-18(26-20)16-8-4-10-27-16)24-9-3-5-13(11-24)19-21-14-6-1-2-7-15(14)29-19/h1-2,4,6-8,10,13H,3,5,9,11-12H2/t13-/m0/s1. The van der Waals surface area contributed by atoms with Crippen molar-refractivity contribution in [3.8, 4) is 10.8 Å². The molecule has 4 aromatic rings. The van der Waals surface area contributed by atoms with E-state index in [9.17, 15) is 4.79 Å². The Morgan fingerprint density at radius 1 is 1.24 bits per heavy atom. The van der Waals surface area contributed by atoms with Crippen molar-refractivity contribution in [2.75, 3.05) is 18.8 Å². The van der Waals surface area contributed by atoms with E-state index in [0.717, 1.165) is 41.3 Å². The van der Waals surface area contributed by atoms with Crippen molar-refractivity contribution in [3.63, 3.8) is 0 Å². The predicted molar refractivity (Wildman–Crippen MR) is 117 cm³/mol. The van der Waals surface area contributed by atoms with E-state index in [1.165, 1.54) is 16.5 Å². The zero-order valence-corrected chi connectivity index (χ0v) is 17.9. The van der Waals surface area contributed by atoms with Gasteiger partial charge in [0.05, 0.1) is 25.9 Å². The minimum Gasteiger partial charge on any atom is -0.410 e. The monoisotopic (exact) mass is 442 g/mol. The lowest BCUT2D eigenvalue weighted by atomic mass is 9.99. The summed E-state index contributed by atoms with van der Waals surface area (Å²) in [6.07, 6.45) is 2.07. The first-order chi connectivity index (χ1) is 14.3. The van der Waals surface area contributed by atoms with E-state index in [0.29, 0.717) is 22.8 Å². The third kappa shape index (κ3) is 4.08. The number of carbonyl (C=O) groups is 1. The summed E-state index contributed by atoms with van der Waals surface area (Å²) < 4.78 is 6.87. The molecule has 1 aromatic carbocycles. The molecular weight excluding hydrogens is 424 g/mol. The molecule has 0 N–H and O–H groups in total. The number of thiophene rings is 1. The average molecular weight is 443 g/mol. The van der Waals surface area contributed by atoms with Gasteiger partial charge in [0, 0.05) is 19.0 Å². The van der Waals surface area contributed by atoms with Gasteiger partial charge in [-0.2, -0.15) is 0 Å². The maximum atomic E-state index is 12.8. The van der Waals surface area contributed by atoms with E-state index >= 15 is 0 Å². The van der Waals surface area contributed by atoms with Crippen molar-refractivity contribution >= 4 is 50.6 Å². The number of hydrogen-bond donors (Lipinski definition) is 0. The second kappa shape index (κ2) is 8.25. The number of hydrogen-bond acceptors (Lipinski definition) is 8. The molecule has 1 atom stereocenters. The number of likely N-dealkylation sites (tertiary alicyclic amines) is 1. The molecule has 29 heavy (non-hydrogen) atoms. The summed E-state index contributed by atoms with van der Waals surface area (Å²) in [4.78, 5) is 20.4. The molecule has 1 fully saturated rings. The summed E-state index contributed by atoms with van der Waals surface area (Å²) in [6.45, 7) is 1.52. The van der Waals surface area contributed by atoms with Crippen LogP contribution in [0.15, 0.2) is 51.4 Å². The van der Waals surface area contributed by atoms with Gasteiger partial charge in [-0.05, 0) is 36.4 Å². The lowest BCUT2D eigenvalue weighted by Crippen LogP contribution is -2.40. The highest BCUT2D eigenvalue weighted by Crippen LogP contribution is 2.33. The molecule has 9 heteroatoms. The first-order valence-corrected chi connectivity index (χ1v) is 12.1. The van der Waals surface area contributed by atoms with E-state index in [1.54, 1.807) is 22.7 Å². The highest BCUT2D eigenvalue weighted by atomic mass is 32.2. The van der Waals surface area contributed by atoms with Crippen molar-refractivity contribution in [2.45, 2.75) is 24.0 Å². The Labute approximate surface area is 180 Å². The third-order valence-electron chi connectivity index (χ3n) is 4.89. The number of carbonyl (C=O) groups excluding carboxylic acids is 1. The van der Waals surface area contributed by atoms with Crippen LogP contribution in [0.25, 0.3) is 21.0 Å². The van der Waals surface area contributed by atoms with Gasteiger partial charge in [-0.25, -0.2) is 4.98 Å². The molecular formula is C20H18N4O2S3. The summed E-state index contributed by atoms with van der Waals surface area (Å²) >= 11 is 4.59. The number of amides is 1. The predicted octanol–water partition coefficient (Wildman–Crippen LogP) is 4.91. The maximum absolute atomic E-state index is 12.8. The van der Waals surface area contributed by atoms with Gasteiger partial charge in [-0.15, -0.1) is 32.9 Å². The van der Waals surface area contributed by atoms with Crippen LogP contribution in [0.2, 0.25) is 0 Å². The number of thioether (sulfide) groups is 1. The zero-order chi connectivity index (χ0) is 19.6. The van der Waals surface area contributed by atoms with Crippen molar-refractivity contribution in [3.05, 3.63) is 46.8 Å². The Hall–Kier alpha value is -2.23. The minimum absolute atomic E-state index is 0.108. The number of nitrogens with zero attached hydrogens (tertiary/aromatic N) is 4. The Morgan fingerprint density at radius 2 is 2.17 bits per heavy atom. The van der Waals surface area contributed by atoms with Crippen molar-refractivity contribution in [1.29, 1.82) is 0 Å². The second-order valence-corrected chi connectivity index (χ2v) is 9.77. The minimum atomic E-state index is 0.108. The summed E-state index contributed by atoms with van der Waals surface area (Å²) in [5.41, 5.74) is 1.05. The smallest absolute Gasteiger partial charge is 0.277 e. The van der Waals surface area contributed by atoms with Crippen LogP contribution in [0, 0.1) is 0 Å². The number of fused-ring (bicyclic) bond motifs is 1.